The third-order valence-corrected chi connectivity index (χ3v) is 5.02. The number of benzene rings is 1. The monoisotopic (exact) mass is 258 g/mol. The molecule has 2 aliphatic rings. The Hall–Kier alpha value is -0.860. The highest BCUT2D eigenvalue weighted by Gasteiger charge is 2.33. The molecule has 2 nitrogen and oxygen atoms in total. The van der Waals surface area contributed by atoms with Crippen LogP contribution in [0.1, 0.15) is 35.1 Å². The van der Waals surface area contributed by atoms with Gasteiger partial charge in [0.15, 0.2) is 0 Å². The minimum atomic E-state index is 0.751. The third-order valence-electron chi connectivity index (χ3n) is 5.02. The highest BCUT2D eigenvalue weighted by Crippen LogP contribution is 2.27. The summed E-state index contributed by atoms with van der Waals surface area (Å²) >= 11 is 0. The van der Waals surface area contributed by atoms with Gasteiger partial charge in [-0.3, -0.25) is 4.90 Å². The highest BCUT2D eigenvalue weighted by atomic mass is 15.2. The molecule has 3 rings (SSSR count). The largest absolute Gasteiger partial charge is 0.312 e. The van der Waals surface area contributed by atoms with Crippen LogP contribution in [0.25, 0.3) is 0 Å². The molecule has 2 saturated heterocycles. The van der Waals surface area contributed by atoms with E-state index in [9.17, 15) is 0 Å². The van der Waals surface area contributed by atoms with Crippen LogP contribution in [0.2, 0.25) is 0 Å². The van der Waals surface area contributed by atoms with Gasteiger partial charge < -0.3 is 5.32 Å². The molecule has 2 atom stereocenters. The van der Waals surface area contributed by atoms with Gasteiger partial charge in [-0.15, -0.1) is 0 Å². The smallest absolute Gasteiger partial charge is 0.0237 e. The van der Waals surface area contributed by atoms with Crippen LogP contribution in [-0.2, 0) is 6.54 Å². The maximum absolute atomic E-state index is 3.69. The fourth-order valence-electron chi connectivity index (χ4n) is 3.70. The summed E-state index contributed by atoms with van der Waals surface area (Å²) in [6.45, 7) is 11.5. The number of nitrogens with zero attached hydrogens (tertiary/aromatic N) is 1. The Morgan fingerprint density at radius 3 is 2.68 bits per heavy atom. The molecule has 0 radical (unpaired) electrons. The Morgan fingerprint density at radius 1 is 1.11 bits per heavy atom. The van der Waals surface area contributed by atoms with Gasteiger partial charge in [0.25, 0.3) is 0 Å². The van der Waals surface area contributed by atoms with E-state index in [1.807, 2.05) is 0 Å². The van der Waals surface area contributed by atoms with E-state index in [2.05, 4.69) is 43.1 Å². The quantitative estimate of drug-likeness (QED) is 0.877. The normalized spacial score (nSPS) is 27.5. The Labute approximate surface area is 117 Å². The van der Waals surface area contributed by atoms with Crippen molar-refractivity contribution in [3.8, 4) is 0 Å². The van der Waals surface area contributed by atoms with Crippen LogP contribution < -0.4 is 5.32 Å². The van der Waals surface area contributed by atoms with E-state index in [1.54, 1.807) is 0 Å². The molecule has 0 unspecified atom stereocenters. The summed E-state index contributed by atoms with van der Waals surface area (Å²) in [5.41, 5.74) is 5.81. The number of hydrogen-bond acceptors (Lipinski definition) is 2. The van der Waals surface area contributed by atoms with Crippen LogP contribution in [0.3, 0.4) is 0 Å². The van der Waals surface area contributed by atoms with E-state index >= 15 is 0 Å². The minimum absolute atomic E-state index is 0.751. The Morgan fingerprint density at radius 2 is 1.89 bits per heavy atom. The van der Waals surface area contributed by atoms with Gasteiger partial charge in [-0.1, -0.05) is 12.1 Å². The lowest BCUT2D eigenvalue weighted by atomic mass is 9.94. The van der Waals surface area contributed by atoms with Gasteiger partial charge in [-0.2, -0.15) is 0 Å². The summed E-state index contributed by atoms with van der Waals surface area (Å²) in [4.78, 5) is 2.64. The number of hydrogen-bond donors (Lipinski definition) is 1. The second-order valence-corrected chi connectivity index (χ2v) is 6.52. The maximum Gasteiger partial charge on any atom is 0.0237 e. The van der Waals surface area contributed by atoms with E-state index in [-0.39, 0.29) is 0 Å². The van der Waals surface area contributed by atoms with E-state index in [1.165, 1.54) is 54.7 Å². The van der Waals surface area contributed by atoms with Crippen molar-refractivity contribution in [2.24, 2.45) is 5.92 Å². The molecule has 2 heteroatoms. The molecule has 0 aliphatic carbocycles. The number of rotatable bonds is 2. The Bertz CT molecular complexity index is 453. The van der Waals surface area contributed by atoms with E-state index in [0.717, 1.165) is 18.5 Å². The second kappa shape index (κ2) is 5.26. The molecule has 0 aromatic heterocycles. The molecule has 0 bridgehead atoms. The van der Waals surface area contributed by atoms with Crippen LogP contribution in [0.4, 0.5) is 0 Å². The second-order valence-electron chi connectivity index (χ2n) is 6.52. The molecule has 2 fully saturated rings. The summed E-state index contributed by atoms with van der Waals surface area (Å²) in [6, 6.07) is 5.48. The van der Waals surface area contributed by atoms with Crippen molar-refractivity contribution in [1.82, 2.24) is 10.2 Å². The third kappa shape index (κ3) is 2.70. The number of nitrogens with one attached hydrogen (secondary N) is 1. The van der Waals surface area contributed by atoms with Gasteiger partial charge in [0, 0.05) is 25.7 Å². The average molecular weight is 258 g/mol. The first-order chi connectivity index (χ1) is 9.13. The van der Waals surface area contributed by atoms with Crippen LogP contribution in [-0.4, -0.2) is 30.6 Å². The number of likely N-dealkylation sites (tertiary alicyclic amines) is 1. The lowest BCUT2D eigenvalue weighted by molar-refractivity contribution is 0.312. The van der Waals surface area contributed by atoms with E-state index in [0.29, 0.717) is 0 Å². The first kappa shape index (κ1) is 13.1. The van der Waals surface area contributed by atoms with Crippen LogP contribution in [0.5, 0.6) is 0 Å². The van der Waals surface area contributed by atoms with Crippen molar-refractivity contribution in [2.75, 3.05) is 19.6 Å². The molecule has 2 heterocycles. The molecule has 1 aromatic rings. The number of fused-ring (bicyclic) bond motifs is 1. The average Bonchev–Trinajstić information content (AvgIpc) is 2.78. The maximum atomic E-state index is 3.69. The van der Waals surface area contributed by atoms with Crippen LogP contribution >= 0.6 is 0 Å². The SMILES string of the molecule is Cc1cc(C)c(CN2C[C@@H]3CCCN[C@@H]3C2)cc1C. The molecule has 1 aromatic carbocycles. The van der Waals surface area contributed by atoms with Crippen LogP contribution in [0.15, 0.2) is 12.1 Å². The molecule has 0 spiro atoms. The molecule has 104 valence electrons. The first-order valence-corrected chi connectivity index (χ1v) is 7.66. The van der Waals surface area contributed by atoms with Gasteiger partial charge in [-0.05, 0) is 68.3 Å². The standard InChI is InChI=1S/C17H26N2/c1-12-7-14(3)16(8-13(12)2)10-19-9-15-5-4-6-18-17(15)11-19/h7-8,15,17-18H,4-6,9-11H2,1-3H3/t15-,17+/m0/s1. The number of piperidine rings is 1. The summed E-state index contributed by atoms with van der Waals surface area (Å²) in [6.07, 6.45) is 2.78. The molecular formula is C17H26N2. The van der Waals surface area contributed by atoms with Crippen molar-refractivity contribution < 1.29 is 0 Å². The predicted molar refractivity (Wildman–Crippen MR) is 80.4 cm³/mol. The van der Waals surface area contributed by atoms with Crippen molar-refractivity contribution in [3.63, 3.8) is 0 Å². The fraction of sp³-hybridized carbons (Fsp3) is 0.647. The first-order valence-electron chi connectivity index (χ1n) is 7.66. The Kier molecular flexibility index (Phi) is 3.64. The van der Waals surface area contributed by atoms with Crippen molar-refractivity contribution in [2.45, 2.75) is 46.2 Å². The number of aryl methyl sites for hydroxylation is 3. The highest BCUT2D eigenvalue weighted by molar-refractivity contribution is 5.36. The zero-order valence-electron chi connectivity index (χ0n) is 12.5. The predicted octanol–water partition coefficient (Wildman–Crippen LogP) is 2.80. The molecular weight excluding hydrogens is 232 g/mol. The van der Waals surface area contributed by atoms with Gasteiger partial charge in [-0.25, -0.2) is 0 Å². The minimum Gasteiger partial charge on any atom is -0.312 e. The summed E-state index contributed by atoms with van der Waals surface area (Å²) in [5.74, 6) is 0.889. The van der Waals surface area contributed by atoms with Crippen LogP contribution in [0, 0.1) is 26.7 Å². The van der Waals surface area contributed by atoms with Crippen molar-refractivity contribution >= 4 is 0 Å². The summed E-state index contributed by atoms with van der Waals surface area (Å²) < 4.78 is 0. The zero-order chi connectivity index (χ0) is 13.4. The summed E-state index contributed by atoms with van der Waals surface area (Å²) in [5, 5.41) is 3.69. The molecule has 0 amide bonds. The zero-order valence-corrected chi connectivity index (χ0v) is 12.5. The molecule has 19 heavy (non-hydrogen) atoms. The lowest BCUT2D eigenvalue weighted by Crippen LogP contribution is -2.40. The van der Waals surface area contributed by atoms with Crippen molar-refractivity contribution in [3.05, 3.63) is 34.4 Å². The topological polar surface area (TPSA) is 15.3 Å². The summed E-state index contributed by atoms with van der Waals surface area (Å²) in [7, 11) is 0. The van der Waals surface area contributed by atoms with Crippen molar-refractivity contribution in [1.29, 1.82) is 0 Å². The van der Waals surface area contributed by atoms with E-state index < -0.39 is 0 Å². The molecule has 0 saturated carbocycles. The van der Waals surface area contributed by atoms with Gasteiger partial charge in [0.1, 0.15) is 0 Å². The van der Waals surface area contributed by atoms with Gasteiger partial charge in [0.2, 0.25) is 0 Å². The molecule has 2 aliphatic heterocycles. The van der Waals surface area contributed by atoms with E-state index in [4.69, 9.17) is 0 Å². The lowest BCUT2D eigenvalue weighted by Gasteiger charge is -2.24. The fourth-order valence-corrected chi connectivity index (χ4v) is 3.70. The molecule has 1 N–H and O–H groups in total. The van der Waals surface area contributed by atoms with Gasteiger partial charge >= 0.3 is 0 Å². The van der Waals surface area contributed by atoms with Gasteiger partial charge in [0.05, 0.1) is 0 Å². The Balaban J connectivity index is 1.70.